The molecule has 1 aromatic heterocycles. The topological polar surface area (TPSA) is 62.7 Å². The molecule has 0 amide bonds. The molecule has 1 atom stereocenters. The average Bonchev–Trinajstić information content (AvgIpc) is 2.05. The Balaban J connectivity index is 2.82. The predicted octanol–water partition coefficient (Wildman–Crippen LogP) is 1.30. The van der Waals surface area contributed by atoms with E-state index in [2.05, 4.69) is 4.98 Å². The fourth-order valence-electron chi connectivity index (χ4n) is 1.01. The van der Waals surface area contributed by atoms with Crippen LogP contribution in [-0.4, -0.2) is 4.98 Å². The van der Waals surface area contributed by atoms with Crippen molar-refractivity contribution in [3.8, 4) is 6.07 Å². The molecule has 1 heterocycles. The van der Waals surface area contributed by atoms with Crippen LogP contribution in [0.3, 0.4) is 0 Å². The predicted molar refractivity (Wildman–Crippen MR) is 46.1 cm³/mol. The molecule has 0 saturated heterocycles. The van der Waals surface area contributed by atoms with E-state index in [1.165, 1.54) is 0 Å². The molecule has 3 heteroatoms. The van der Waals surface area contributed by atoms with Gasteiger partial charge >= 0.3 is 0 Å². The van der Waals surface area contributed by atoms with Gasteiger partial charge in [-0.25, -0.2) is 0 Å². The molecule has 0 aliphatic carbocycles. The standard InChI is InChI=1S/C9H11N3/c1-7-6-8(3-5-12-7)9(11)2-4-10/h3,5-6,9H,2,11H2,1H3. The summed E-state index contributed by atoms with van der Waals surface area (Å²) in [5, 5.41) is 8.42. The molecule has 12 heavy (non-hydrogen) atoms. The monoisotopic (exact) mass is 161 g/mol. The number of nitriles is 1. The third-order valence-corrected chi connectivity index (χ3v) is 1.66. The van der Waals surface area contributed by atoms with Crippen LogP contribution in [0.1, 0.15) is 23.7 Å². The smallest absolute Gasteiger partial charge is 0.0641 e. The third kappa shape index (κ3) is 2.04. The first-order chi connectivity index (χ1) is 5.74. The number of pyridine rings is 1. The summed E-state index contributed by atoms with van der Waals surface area (Å²) < 4.78 is 0. The highest BCUT2D eigenvalue weighted by atomic mass is 14.7. The van der Waals surface area contributed by atoms with Gasteiger partial charge in [0.05, 0.1) is 12.5 Å². The molecule has 0 fully saturated rings. The van der Waals surface area contributed by atoms with Crippen molar-refractivity contribution < 1.29 is 0 Å². The second kappa shape index (κ2) is 3.84. The summed E-state index contributed by atoms with van der Waals surface area (Å²) in [6, 6.07) is 5.60. The van der Waals surface area contributed by atoms with Crippen LogP contribution < -0.4 is 5.73 Å². The highest BCUT2D eigenvalue weighted by molar-refractivity contribution is 5.19. The minimum absolute atomic E-state index is 0.184. The van der Waals surface area contributed by atoms with Gasteiger partial charge in [0.15, 0.2) is 0 Å². The molecule has 1 rings (SSSR count). The Hall–Kier alpha value is -1.40. The van der Waals surface area contributed by atoms with Crippen LogP contribution in [-0.2, 0) is 0 Å². The molecule has 1 unspecified atom stereocenters. The molecule has 62 valence electrons. The van der Waals surface area contributed by atoms with Crippen molar-refractivity contribution >= 4 is 0 Å². The maximum atomic E-state index is 8.42. The first-order valence-corrected chi connectivity index (χ1v) is 3.79. The lowest BCUT2D eigenvalue weighted by molar-refractivity contribution is 0.745. The van der Waals surface area contributed by atoms with Gasteiger partial charge in [-0.05, 0) is 24.6 Å². The fourth-order valence-corrected chi connectivity index (χ4v) is 1.01. The van der Waals surface area contributed by atoms with Gasteiger partial charge in [-0.1, -0.05) is 0 Å². The molecule has 1 aromatic rings. The number of nitrogens with zero attached hydrogens (tertiary/aromatic N) is 2. The maximum absolute atomic E-state index is 8.42. The van der Waals surface area contributed by atoms with Gasteiger partial charge in [0.25, 0.3) is 0 Å². The molecule has 0 bridgehead atoms. The number of aromatic nitrogens is 1. The summed E-state index contributed by atoms with van der Waals surface area (Å²) in [7, 11) is 0. The number of rotatable bonds is 2. The van der Waals surface area contributed by atoms with Crippen LogP contribution in [0.4, 0.5) is 0 Å². The number of nitrogens with two attached hydrogens (primary N) is 1. The molecule has 0 radical (unpaired) electrons. The molecule has 0 aromatic carbocycles. The lowest BCUT2D eigenvalue weighted by Gasteiger charge is -2.07. The summed E-state index contributed by atoms with van der Waals surface area (Å²) in [5.74, 6) is 0. The van der Waals surface area contributed by atoms with E-state index in [1.54, 1.807) is 6.20 Å². The van der Waals surface area contributed by atoms with Crippen molar-refractivity contribution in [1.29, 1.82) is 5.26 Å². The molecular formula is C9H11N3. The van der Waals surface area contributed by atoms with Crippen LogP contribution in [0, 0.1) is 18.3 Å². The summed E-state index contributed by atoms with van der Waals surface area (Å²) in [5.41, 5.74) is 7.63. The Bertz CT molecular complexity index is 301. The van der Waals surface area contributed by atoms with Crippen LogP contribution >= 0.6 is 0 Å². The van der Waals surface area contributed by atoms with Crippen molar-refractivity contribution in [2.24, 2.45) is 5.73 Å². The summed E-state index contributed by atoms with van der Waals surface area (Å²) in [6.07, 6.45) is 2.06. The van der Waals surface area contributed by atoms with E-state index >= 15 is 0 Å². The lowest BCUT2D eigenvalue weighted by Crippen LogP contribution is -2.09. The molecule has 0 saturated carbocycles. The van der Waals surface area contributed by atoms with E-state index in [-0.39, 0.29) is 6.04 Å². The zero-order valence-corrected chi connectivity index (χ0v) is 6.99. The van der Waals surface area contributed by atoms with Crippen molar-refractivity contribution in [3.05, 3.63) is 29.6 Å². The Morgan fingerprint density at radius 2 is 2.50 bits per heavy atom. The molecule has 0 aliphatic heterocycles. The number of hydrogen-bond donors (Lipinski definition) is 1. The number of aryl methyl sites for hydroxylation is 1. The first-order valence-electron chi connectivity index (χ1n) is 3.79. The van der Waals surface area contributed by atoms with Gasteiger partial charge in [0.2, 0.25) is 0 Å². The molecular weight excluding hydrogens is 150 g/mol. The zero-order valence-electron chi connectivity index (χ0n) is 6.99. The van der Waals surface area contributed by atoms with E-state index in [0.717, 1.165) is 11.3 Å². The van der Waals surface area contributed by atoms with Gasteiger partial charge in [-0.3, -0.25) is 4.98 Å². The van der Waals surface area contributed by atoms with E-state index in [0.29, 0.717) is 6.42 Å². The van der Waals surface area contributed by atoms with Crippen LogP contribution in [0.15, 0.2) is 18.3 Å². The quantitative estimate of drug-likeness (QED) is 0.711. The van der Waals surface area contributed by atoms with Crippen molar-refractivity contribution in [2.75, 3.05) is 0 Å². The largest absolute Gasteiger partial charge is 0.323 e. The van der Waals surface area contributed by atoms with E-state index < -0.39 is 0 Å². The minimum atomic E-state index is -0.184. The lowest BCUT2D eigenvalue weighted by atomic mass is 10.1. The summed E-state index contributed by atoms with van der Waals surface area (Å²) in [4.78, 5) is 4.04. The average molecular weight is 161 g/mol. The second-order valence-electron chi connectivity index (χ2n) is 2.70. The summed E-state index contributed by atoms with van der Waals surface area (Å²) >= 11 is 0. The maximum Gasteiger partial charge on any atom is 0.0641 e. The van der Waals surface area contributed by atoms with Crippen LogP contribution in [0.2, 0.25) is 0 Å². The van der Waals surface area contributed by atoms with Gasteiger partial charge in [0.1, 0.15) is 0 Å². The van der Waals surface area contributed by atoms with Crippen LogP contribution in [0.25, 0.3) is 0 Å². The first kappa shape index (κ1) is 8.69. The van der Waals surface area contributed by atoms with Crippen molar-refractivity contribution in [2.45, 2.75) is 19.4 Å². The molecule has 0 aliphatic rings. The van der Waals surface area contributed by atoms with Gasteiger partial charge in [0, 0.05) is 17.9 Å². The fraction of sp³-hybridized carbons (Fsp3) is 0.333. The number of hydrogen-bond acceptors (Lipinski definition) is 3. The zero-order chi connectivity index (χ0) is 8.97. The SMILES string of the molecule is Cc1cc(C(N)CC#N)ccn1. The van der Waals surface area contributed by atoms with Crippen molar-refractivity contribution in [3.63, 3.8) is 0 Å². The Labute approximate surface area is 71.8 Å². The van der Waals surface area contributed by atoms with Gasteiger partial charge < -0.3 is 5.73 Å². The Morgan fingerprint density at radius 3 is 3.08 bits per heavy atom. The van der Waals surface area contributed by atoms with E-state index in [1.807, 2.05) is 25.1 Å². The molecule has 3 nitrogen and oxygen atoms in total. The Kier molecular flexibility index (Phi) is 2.78. The van der Waals surface area contributed by atoms with Crippen LogP contribution in [0.5, 0.6) is 0 Å². The van der Waals surface area contributed by atoms with Gasteiger partial charge in [-0.15, -0.1) is 0 Å². The normalized spacial score (nSPS) is 12.1. The van der Waals surface area contributed by atoms with Crippen molar-refractivity contribution in [1.82, 2.24) is 4.98 Å². The highest BCUT2D eigenvalue weighted by Crippen LogP contribution is 2.12. The van der Waals surface area contributed by atoms with E-state index in [9.17, 15) is 0 Å². The van der Waals surface area contributed by atoms with Gasteiger partial charge in [-0.2, -0.15) is 5.26 Å². The second-order valence-corrected chi connectivity index (χ2v) is 2.70. The highest BCUT2D eigenvalue weighted by Gasteiger charge is 2.04. The molecule has 0 spiro atoms. The Morgan fingerprint density at radius 1 is 1.75 bits per heavy atom. The summed E-state index contributed by atoms with van der Waals surface area (Å²) in [6.45, 7) is 1.91. The third-order valence-electron chi connectivity index (χ3n) is 1.66. The van der Waals surface area contributed by atoms with E-state index in [4.69, 9.17) is 11.0 Å². The molecule has 2 N–H and O–H groups in total. The minimum Gasteiger partial charge on any atom is -0.323 e.